The van der Waals surface area contributed by atoms with Crippen LogP contribution < -0.4 is 0 Å². The SMILES string of the molecule is CC1CCC(C(=O)O)CN1S(=O)(=O)CC(C)(C)CC#N. The quantitative estimate of drug-likeness (QED) is 0.828. The first-order chi connectivity index (χ1) is 9.09. The Labute approximate surface area is 120 Å². The van der Waals surface area contributed by atoms with Crippen molar-refractivity contribution in [3.05, 3.63) is 0 Å². The van der Waals surface area contributed by atoms with Crippen molar-refractivity contribution in [1.29, 1.82) is 5.26 Å². The van der Waals surface area contributed by atoms with E-state index in [1.54, 1.807) is 20.8 Å². The van der Waals surface area contributed by atoms with Crippen LogP contribution >= 0.6 is 0 Å². The molecule has 0 bridgehead atoms. The van der Waals surface area contributed by atoms with Crippen molar-refractivity contribution in [2.75, 3.05) is 12.3 Å². The maximum Gasteiger partial charge on any atom is 0.307 e. The van der Waals surface area contributed by atoms with Gasteiger partial charge in [-0.3, -0.25) is 4.79 Å². The zero-order valence-corrected chi connectivity index (χ0v) is 13.0. The first-order valence-electron chi connectivity index (χ1n) is 6.68. The molecule has 2 atom stereocenters. The molecule has 0 amide bonds. The summed E-state index contributed by atoms with van der Waals surface area (Å²) in [5, 5.41) is 17.8. The number of carbonyl (C=O) groups is 1. The van der Waals surface area contributed by atoms with Crippen molar-refractivity contribution in [3.63, 3.8) is 0 Å². The average Bonchev–Trinajstić information content (AvgIpc) is 2.26. The smallest absolute Gasteiger partial charge is 0.307 e. The molecular formula is C13H22N2O4S. The van der Waals surface area contributed by atoms with E-state index in [1.807, 2.05) is 6.07 Å². The second-order valence-corrected chi connectivity index (χ2v) is 8.21. The standard InChI is InChI=1S/C13H22N2O4S/c1-10-4-5-11(12(16)17)8-15(10)20(18,19)9-13(2,3)6-7-14/h10-11H,4-6,8-9H2,1-3H3,(H,16,17). The van der Waals surface area contributed by atoms with Crippen molar-refractivity contribution in [1.82, 2.24) is 4.31 Å². The van der Waals surface area contributed by atoms with E-state index in [0.717, 1.165) is 0 Å². The lowest BCUT2D eigenvalue weighted by molar-refractivity contribution is -0.143. The van der Waals surface area contributed by atoms with Crippen LogP contribution in [0.3, 0.4) is 0 Å². The van der Waals surface area contributed by atoms with Gasteiger partial charge in [0.05, 0.1) is 17.7 Å². The van der Waals surface area contributed by atoms with Gasteiger partial charge < -0.3 is 5.11 Å². The van der Waals surface area contributed by atoms with Gasteiger partial charge in [0, 0.05) is 19.0 Å². The third kappa shape index (κ3) is 4.18. The molecule has 6 nitrogen and oxygen atoms in total. The van der Waals surface area contributed by atoms with Crippen molar-refractivity contribution >= 4 is 16.0 Å². The highest BCUT2D eigenvalue weighted by atomic mass is 32.2. The maximum atomic E-state index is 12.5. The van der Waals surface area contributed by atoms with Crippen LogP contribution in [0.1, 0.15) is 40.0 Å². The number of hydrogen-bond donors (Lipinski definition) is 1. The van der Waals surface area contributed by atoms with E-state index in [2.05, 4.69) is 0 Å². The molecule has 0 aromatic rings. The molecule has 1 aliphatic heterocycles. The lowest BCUT2D eigenvalue weighted by Crippen LogP contribution is -2.49. The second kappa shape index (κ2) is 6.10. The first kappa shape index (κ1) is 16.9. The minimum atomic E-state index is -3.56. The van der Waals surface area contributed by atoms with Gasteiger partial charge in [-0.1, -0.05) is 13.8 Å². The minimum Gasteiger partial charge on any atom is -0.481 e. The molecule has 2 unspecified atom stereocenters. The highest BCUT2D eigenvalue weighted by molar-refractivity contribution is 7.89. The number of nitrogens with zero attached hydrogens (tertiary/aromatic N) is 2. The van der Waals surface area contributed by atoms with Crippen molar-refractivity contribution in [3.8, 4) is 6.07 Å². The molecule has 1 N–H and O–H groups in total. The molecule has 1 fully saturated rings. The summed E-state index contributed by atoms with van der Waals surface area (Å²) in [5.74, 6) is -1.72. The van der Waals surface area contributed by atoms with Gasteiger partial charge in [-0.15, -0.1) is 0 Å². The molecule has 0 aliphatic carbocycles. The molecule has 0 aromatic carbocycles. The van der Waals surface area contributed by atoms with E-state index < -0.39 is 27.3 Å². The van der Waals surface area contributed by atoms with Crippen molar-refractivity contribution < 1.29 is 18.3 Å². The topological polar surface area (TPSA) is 98.5 Å². The van der Waals surface area contributed by atoms with Crippen LogP contribution in [-0.4, -0.2) is 42.1 Å². The van der Waals surface area contributed by atoms with E-state index >= 15 is 0 Å². The second-order valence-electron chi connectivity index (χ2n) is 6.29. The predicted octanol–water partition coefficient (Wildman–Crippen LogP) is 1.44. The van der Waals surface area contributed by atoms with E-state index in [1.165, 1.54) is 4.31 Å². The van der Waals surface area contributed by atoms with Gasteiger partial charge in [-0.05, 0) is 25.2 Å². The maximum absolute atomic E-state index is 12.5. The lowest BCUT2D eigenvalue weighted by Gasteiger charge is -2.37. The summed E-state index contributed by atoms with van der Waals surface area (Å²) < 4.78 is 26.3. The normalized spacial score (nSPS) is 25.1. The molecule has 1 rings (SSSR count). The Balaban J connectivity index is 2.90. The molecule has 1 saturated heterocycles. The Morgan fingerprint density at radius 1 is 1.45 bits per heavy atom. The van der Waals surface area contributed by atoms with Gasteiger partial charge in [-0.25, -0.2) is 8.42 Å². The summed E-state index contributed by atoms with van der Waals surface area (Å²) in [6, 6.07) is 1.81. The van der Waals surface area contributed by atoms with Crippen LogP contribution in [0, 0.1) is 22.7 Å². The van der Waals surface area contributed by atoms with Gasteiger partial charge in [-0.2, -0.15) is 9.57 Å². The van der Waals surface area contributed by atoms with Gasteiger partial charge in [0.1, 0.15) is 0 Å². The number of piperidine rings is 1. The Hall–Kier alpha value is -1.13. The number of sulfonamides is 1. The molecule has 1 heterocycles. The van der Waals surface area contributed by atoms with E-state index in [9.17, 15) is 13.2 Å². The monoisotopic (exact) mass is 302 g/mol. The van der Waals surface area contributed by atoms with E-state index in [0.29, 0.717) is 12.8 Å². The number of nitriles is 1. The molecule has 20 heavy (non-hydrogen) atoms. The fourth-order valence-corrected chi connectivity index (χ4v) is 4.82. The molecule has 0 spiro atoms. The molecule has 0 saturated carbocycles. The van der Waals surface area contributed by atoms with Crippen LogP contribution in [0.25, 0.3) is 0 Å². The van der Waals surface area contributed by atoms with Gasteiger partial charge in [0.2, 0.25) is 10.0 Å². The zero-order chi connectivity index (χ0) is 15.6. The predicted molar refractivity (Wildman–Crippen MR) is 74.3 cm³/mol. The third-order valence-corrected chi connectivity index (χ3v) is 6.03. The summed E-state index contributed by atoms with van der Waals surface area (Å²) >= 11 is 0. The number of aliphatic carboxylic acids is 1. The number of carboxylic acid groups (broad SMARTS) is 1. The molecule has 0 radical (unpaired) electrons. The summed E-state index contributed by atoms with van der Waals surface area (Å²) in [7, 11) is -3.56. The molecule has 1 aliphatic rings. The molecule has 0 aromatic heterocycles. The molecule has 7 heteroatoms. The lowest BCUT2D eigenvalue weighted by atomic mass is 9.93. The summed E-state index contributed by atoms with van der Waals surface area (Å²) in [4.78, 5) is 11.1. The van der Waals surface area contributed by atoms with Crippen LogP contribution in [0.15, 0.2) is 0 Å². The number of rotatable bonds is 5. The first-order valence-corrected chi connectivity index (χ1v) is 8.29. The van der Waals surface area contributed by atoms with E-state index in [4.69, 9.17) is 10.4 Å². The fourth-order valence-electron chi connectivity index (χ4n) is 2.51. The Morgan fingerprint density at radius 3 is 2.55 bits per heavy atom. The van der Waals surface area contributed by atoms with E-state index in [-0.39, 0.29) is 24.8 Å². The van der Waals surface area contributed by atoms with Crippen LogP contribution in [0.4, 0.5) is 0 Å². The minimum absolute atomic E-state index is 0.0292. The Bertz CT molecular complexity index is 507. The Kier molecular flexibility index (Phi) is 5.16. The highest BCUT2D eigenvalue weighted by Gasteiger charge is 2.39. The van der Waals surface area contributed by atoms with Crippen LogP contribution in [0.2, 0.25) is 0 Å². The number of hydrogen-bond acceptors (Lipinski definition) is 4. The van der Waals surface area contributed by atoms with Gasteiger partial charge >= 0.3 is 5.97 Å². The molecular weight excluding hydrogens is 280 g/mol. The summed E-state index contributed by atoms with van der Waals surface area (Å²) in [6.07, 6.45) is 1.20. The zero-order valence-electron chi connectivity index (χ0n) is 12.2. The van der Waals surface area contributed by atoms with Crippen LogP contribution in [0.5, 0.6) is 0 Å². The highest BCUT2D eigenvalue weighted by Crippen LogP contribution is 2.29. The summed E-state index contributed by atoms with van der Waals surface area (Å²) in [6.45, 7) is 5.29. The third-order valence-electron chi connectivity index (χ3n) is 3.66. The largest absolute Gasteiger partial charge is 0.481 e. The summed E-state index contributed by atoms with van der Waals surface area (Å²) in [5.41, 5.74) is -0.635. The van der Waals surface area contributed by atoms with Crippen molar-refractivity contribution in [2.45, 2.75) is 46.1 Å². The number of carboxylic acids is 1. The van der Waals surface area contributed by atoms with Gasteiger partial charge in [0.25, 0.3) is 0 Å². The Morgan fingerprint density at radius 2 is 2.05 bits per heavy atom. The van der Waals surface area contributed by atoms with Crippen molar-refractivity contribution in [2.24, 2.45) is 11.3 Å². The molecule has 114 valence electrons. The van der Waals surface area contributed by atoms with Crippen LogP contribution in [-0.2, 0) is 14.8 Å². The van der Waals surface area contributed by atoms with Gasteiger partial charge in [0.15, 0.2) is 0 Å². The fraction of sp³-hybridized carbons (Fsp3) is 0.846. The average molecular weight is 302 g/mol.